The maximum Gasteiger partial charge on any atom is 0.273 e. The lowest BCUT2D eigenvalue weighted by atomic mass is 10.1. The molecule has 12 heteroatoms. The van der Waals surface area contributed by atoms with E-state index in [-0.39, 0.29) is 43.4 Å². The molecule has 2 aromatic heterocycles. The average Bonchev–Trinajstić information content (AvgIpc) is 3.32. The summed E-state index contributed by atoms with van der Waals surface area (Å²) in [4.78, 5) is 28.0. The zero-order chi connectivity index (χ0) is 23.6. The molecule has 2 heterocycles. The van der Waals surface area contributed by atoms with Gasteiger partial charge in [-0.05, 0) is 17.4 Å². The number of fused-ring (bicyclic) bond motifs is 1. The van der Waals surface area contributed by atoms with Gasteiger partial charge in [0.1, 0.15) is 6.17 Å². The van der Waals surface area contributed by atoms with Crippen LogP contribution in [0.3, 0.4) is 0 Å². The molecule has 4 N–H and O–H groups in total. The van der Waals surface area contributed by atoms with Gasteiger partial charge in [0.2, 0.25) is 0 Å². The van der Waals surface area contributed by atoms with E-state index in [0.717, 1.165) is 16.3 Å². The van der Waals surface area contributed by atoms with Gasteiger partial charge in [-0.25, -0.2) is 9.92 Å². The molecule has 1 aromatic carbocycles. The van der Waals surface area contributed by atoms with E-state index in [2.05, 4.69) is 36.4 Å². The Morgan fingerprint density at radius 2 is 2.12 bits per heavy atom. The number of rotatable bonds is 11. The number of aryl methyl sites for hydroxylation is 1. The first kappa shape index (κ1) is 23.4. The highest BCUT2D eigenvalue weighted by molar-refractivity contribution is 5.93. The number of carbonyl (C=O) groups is 2. The third kappa shape index (κ3) is 6.38. The topological polar surface area (TPSA) is 150 Å². The van der Waals surface area contributed by atoms with Crippen molar-refractivity contribution in [3.05, 3.63) is 66.0 Å². The van der Waals surface area contributed by atoms with Gasteiger partial charge in [-0.15, -0.1) is 5.10 Å². The quantitative estimate of drug-likeness (QED) is 0.256. The van der Waals surface area contributed by atoms with Gasteiger partial charge >= 0.3 is 0 Å². The number of halogens is 1. The van der Waals surface area contributed by atoms with Crippen molar-refractivity contribution in [2.75, 3.05) is 13.6 Å². The smallest absolute Gasteiger partial charge is 0.273 e. The molecule has 0 saturated carbocycles. The molecule has 1 atom stereocenters. The average molecular weight is 453 g/mol. The van der Waals surface area contributed by atoms with Crippen LogP contribution in [-0.4, -0.2) is 51.6 Å². The fraction of sp³-hybridized carbons (Fsp3) is 0.286. The molecule has 2 amide bonds. The van der Waals surface area contributed by atoms with Gasteiger partial charge in [-0.3, -0.25) is 19.3 Å². The zero-order valence-electron chi connectivity index (χ0n) is 18.0. The second-order valence-corrected chi connectivity index (χ2v) is 7.08. The lowest BCUT2D eigenvalue weighted by molar-refractivity contribution is -0.117. The molecule has 172 valence electrons. The lowest BCUT2D eigenvalue weighted by Gasteiger charge is -2.10. The number of amides is 2. The highest BCUT2D eigenvalue weighted by Gasteiger charge is 2.12. The third-order valence-corrected chi connectivity index (χ3v) is 4.79. The maximum absolute atomic E-state index is 14.2. The summed E-state index contributed by atoms with van der Waals surface area (Å²) in [7, 11) is 1.48. The molecular weight excluding hydrogens is 429 g/mol. The molecule has 0 aliphatic heterocycles. The number of carbonyl (C=O) groups excluding carboxylic acids is 2. The Bertz CT molecular complexity index is 1160. The fourth-order valence-electron chi connectivity index (χ4n) is 3.03. The van der Waals surface area contributed by atoms with Crippen molar-refractivity contribution in [1.29, 1.82) is 5.53 Å². The van der Waals surface area contributed by atoms with E-state index in [1.54, 1.807) is 12.4 Å². The van der Waals surface area contributed by atoms with Crippen LogP contribution in [0.1, 0.15) is 22.5 Å². The van der Waals surface area contributed by atoms with E-state index < -0.39 is 12.1 Å². The molecule has 0 spiro atoms. The van der Waals surface area contributed by atoms with E-state index in [4.69, 9.17) is 5.53 Å². The molecule has 11 nitrogen and oxygen atoms in total. The normalized spacial score (nSPS) is 12.2. The Hall–Kier alpha value is -4.22. The number of hydrogen-bond acceptors (Lipinski definition) is 8. The first-order valence-electron chi connectivity index (χ1n) is 10.2. The number of pyridine rings is 1. The van der Waals surface area contributed by atoms with Crippen LogP contribution in [0.25, 0.3) is 10.8 Å². The Morgan fingerprint density at radius 3 is 2.91 bits per heavy atom. The molecular formula is C21H24FN9O2. The summed E-state index contributed by atoms with van der Waals surface area (Å²) < 4.78 is 15.6. The van der Waals surface area contributed by atoms with Crippen LogP contribution < -0.4 is 16.0 Å². The summed E-state index contributed by atoms with van der Waals surface area (Å²) in [6.07, 6.45) is 4.91. The van der Waals surface area contributed by atoms with Crippen LogP contribution in [-0.2, 0) is 17.9 Å². The van der Waals surface area contributed by atoms with E-state index in [9.17, 15) is 14.0 Å². The molecule has 0 radical (unpaired) electrons. The second-order valence-electron chi connectivity index (χ2n) is 7.08. The molecule has 0 bridgehead atoms. The van der Waals surface area contributed by atoms with Gasteiger partial charge in [0, 0.05) is 50.7 Å². The predicted octanol–water partition coefficient (Wildman–Crippen LogP) is 1.69. The van der Waals surface area contributed by atoms with Gasteiger partial charge in [0.15, 0.2) is 11.4 Å². The van der Waals surface area contributed by atoms with Crippen LogP contribution in [0.2, 0.25) is 0 Å². The molecule has 0 fully saturated rings. The van der Waals surface area contributed by atoms with Gasteiger partial charge in [0.25, 0.3) is 11.8 Å². The van der Waals surface area contributed by atoms with Crippen molar-refractivity contribution >= 4 is 22.6 Å². The summed E-state index contributed by atoms with van der Waals surface area (Å²) in [5.74, 6) is -0.934. The van der Waals surface area contributed by atoms with Gasteiger partial charge in [-0.2, -0.15) is 5.11 Å². The summed E-state index contributed by atoms with van der Waals surface area (Å²) in [6, 6.07) is 7.67. The summed E-state index contributed by atoms with van der Waals surface area (Å²) in [5, 5.41) is 20.4. The number of hydrogen-bond donors (Lipinski definition) is 4. The standard InChI is InChI=1S/C21H24FN9O2/c1-24-20(32)19-13-31(30-29-19)7-6-16(22)11-26-12-18(28-23)21(33)27-10-15-9-25-8-14-4-2-3-5-17(14)15/h2-5,8-9,12-13,16,23,26H,6-7,10-11H2,1H3,(H,24,32)(H,27,33)/b18-12-,28-23?. The van der Waals surface area contributed by atoms with Gasteiger partial charge in [-0.1, -0.05) is 29.5 Å². The van der Waals surface area contributed by atoms with Crippen molar-refractivity contribution in [3.8, 4) is 0 Å². The Labute approximate surface area is 189 Å². The van der Waals surface area contributed by atoms with Crippen LogP contribution in [0, 0.1) is 5.53 Å². The minimum Gasteiger partial charge on any atom is -0.386 e. The number of alkyl halides is 1. The minimum atomic E-state index is -1.26. The summed E-state index contributed by atoms with van der Waals surface area (Å²) in [5.41, 5.74) is 8.04. The first-order valence-corrected chi connectivity index (χ1v) is 10.2. The highest BCUT2D eigenvalue weighted by atomic mass is 19.1. The molecule has 0 aliphatic rings. The Morgan fingerprint density at radius 1 is 1.30 bits per heavy atom. The van der Waals surface area contributed by atoms with Crippen LogP contribution in [0.4, 0.5) is 4.39 Å². The van der Waals surface area contributed by atoms with Crippen molar-refractivity contribution < 1.29 is 14.0 Å². The minimum absolute atomic E-state index is 0.0868. The van der Waals surface area contributed by atoms with Crippen LogP contribution in [0.15, 0.2) is 59.9 Å². The summed E-state index contributed by atoms with van der Waals surface area (Å²) in [6.45, 7) is 0.351. The maximum atomic E-state index is 14.2. The lowest BCUT2D eigenvalue weighted by Crippen LogP contribution is -2.26. The number of nitrogens with zero attached hydrogens (tertiary/aromatic N) is 5. The van der Waals surface area contributed by atoms with E-state index in [1.165, 1.54) is 24.1 Å². The van der Waals surface area contributed by atoms with Gasteiger partial charge in [0.05, 0.1) is 6.20 Å². The Kier molecular flexibility index (Phi) is 8.11. The molecule has 1 unspecified atom stereocenters. The van der Waals surface area contributed by atoms with E-state index >= 15 is 0 Å². The molecule has 0 aliphatic carbocycles. The third-order valence-electron chi connectivity index (χ3n) is 4.79. The molecule has 3 rings (SSSR count). The molecule has 33 heavy (non-hydrogen) atoms. The predicted molar refractivity (Wildman–Crippen MR) is 118 cm³/mol. The van der Waals surface area contributed by atoms with Crippen molar-refractivity contribution in [1.82, 2.24) is 35.9 Å². The molecule has 0 saturated heterocycles. The van der Waals surface area contributed by atoms with Crippen LogP contribution >= 0.6 is 0 Å². The number of aromatic nitrogens is 4. The zero-order valence-corrected chi connectivity index (χ0v) is 18.0. The van der Waals surface area contributed by atoms with E-state index in [0.29, 0.717) is 0 Å². The van der Waals surface area contributed by atoms with Gasteiger partial charge < -0.3 is 16.0 Å². The summed E-state index contributed by atoms with van der Waals surface area (Å²) >= 11 is 0. The Balaban J connectivity index is 1.46. The monoisotopic (exact) mass is 453 g/mol. The second kappa shape index (κ2) is 11.4. The first-order chi connectivity index (χ1) is 16.0. The van der Waals surface area contributed by atoms with Crippen LogP contribution in [0.5, 0.6) is 0 Å². The van der Waals surface area contributed by atoms with Crippen molar-refractivity contribution in [2.45, 2.75) is 25.7 Å². The number of benzene rings is 1. The van der Waals surface area contributed by atoms with E-state index in [1.807, 2.05) is 24.3 Å². The number of nitrogens with one attached hydrogen (secondary N) is 4. The van der Waals surface area contributed by atoms with Crippen molar-refractivity contribution in [2.24, 2.45) is 5.11 Å². The largest absolute Gasteiger partial charge is 0.386 e. The SMILES string of the molecule is CNC(=O)c1cn(CCC(F)CN/C=C(\N=N)C(=O)NCc2cncc3ccccc23)nn1. The van der Waals surface area contributed by atoms with Crippen molar-refractivity contribution in [3.63, 3.8) is 0 Å². The molecule has 3 aromatic rings. The fourth-order valence-corrected chi connectivity index (χ4v) is 3.03. The highest BCUT2D eigenvalue weighted by Crippen LogP contribution is 2.16.